The molecule has 0 bridgehead atoms. The van der Waals surface area contributed by atoms with Crippen LogP contribution in [0.25, 0.3) is 0 Å². The van der Waals surface area contributed by atoms with Crippen molar-refractivity contribution in [2.75, 3.05) is 47.5 Å². The summed E-state index contributed by atoms with van der Waals surface area (Å²) in [5.74, 6) is -2.05. The zero-order valence-corrected chi connectivity index (χ0v) is 53.3. The maximum atomic E-state index is 12.9. The number of quaternary nitrogens is 1. The molecule has 0 heterocycles. The molecule has 9 nitrogen and oxygen atoms in total. The summed E-state index contributed by atoms with van der Waals surface area (Å²) in [6.07, 6.45) is 90.5. The summed E-state index contributed by atoms with van der Waals surface area (Å²) < 4.78 is 22.9. The van der Waals surface area contributed by atoms with Crippen LogP contribution in [0.1, 0.15) is 232 Å². The fourth-order valence-electron chi connectivity index (χ4n) is 8.35. The number of ether oxygens (including phenoxy) is 4. The Bertz CT molecular complexity index is 1920. The van der Waals surface area contributed by atoms with Gasteiger partial charge in [0.1, 0.15) is 13.2 Å². The van der Waals surface area contributed by atoms with Gasteiger partial charge in [-0.2, -0.15) is 0 Å². The number of carboxylic acid groups (broad SMARTS) is 1. The van der Waals surface area contributed by atoms with Crippen LogP contribution in [0.15, 0.2) is 158 Å². The molecule has 9 heteroatoms. The van der Waals surface area contributed by atoms with Crippen molar-refractivity contribution in [3.8, 4) is 0 Å². The van der Waals surface area contributed by atoms with Crippen molar-refractivity contribution in [3.63, 3.8) is 0 Å². The van der Waals surface area contributed by atoms with E-state index in [0.717, 1.165) is 128 Å². The van der Waals surface area contributed by atoms with Crippen molar-refractivity contribution in [2.45, 2.75) is 245 Å². The highest BCUT2D eigenvalue weighted by Crippen LogP contribution is 2.15. The third kappa shape index (κ3) is 64.3. The van der Waals surface area contributed by atoms with Crippen molar-refractivity contribution in [1.82, 2.24) is 0 Å². The van der Waals surface area contributed by atoms with Gasteiger partial charge in [-0.15, -0.1) is 0 Å². The fraction of sp³-hybridized carbons (Fsp3) is 0.608. The average Bonchev–Trinajstić information content (AvgIpc) is 3.46. The fourth-order valence-corrected chi connectivity index (χ4v) is 8.35. The van der Waals surface area contributed by atoms with Crippen molar-refractivity contribution in [1.29, 1.82) is 0 Å². The number of carboxylic acids is 1. The van der Waals surface area contributed by atoms with Gasteiger partial charge in [0.05, 0.1) is 34.4 Å². The molecule has 0 rings (SSSR count). The number of carbonyl (C=O) groups is 3. The Labute approximate surface area is 508 Å². The molecular weight excluding hydrogens is 1030 g/mol. The van der Waals surface area contributed by atoms with Gasteiger partial charge >= 0.3 is 17.9 Å². The predicted molar refractivity (Wildman–Crippen MR) is 354 cm³/mol. The molecular formula is C74H120NO8+. The second kappa shape index (κ2) is 62.9. The summed E-state index contributed by atoms with van der Waals surface area (Å²) in [5.41, 5.74) is 0. The molecule has 0 aliphatic carbocycles. The summed E-state index contributed by atoms with van der Waals surface area (Å²) >= 11 is 0. The normalized spacial score (nSPS) is 13.8. The SMILES string of the molecule is CC/C=C\C/C=C\C/C=C\C/C=C\C/C=C\C/C=C\C/C=C\CCCCCCCCCCCCCCCC(=O)OC(COC(=O)CCCCCC/C=C\C/C=C\C/C=C\C/C=C\C/C=C\C/C=C\CC)COC(OCC[N+](C)(C)C)C(=O)O. The minimum Gasteiger partial charge on any atom is -0.477 e. The molecule has 2 atom stereocenters. The lowest BCUT2D eigenvalue weighted by atomic mass is 10.0. The highest BCUT2D eigenvalue weighted by Gasteiger charge is 2.25. The van der Waals surface area contributed by atoms with Gasteiger partial charge in [-0.05, 0) is 122 Å². The highest BCUT2D eigenvalue weighted by molar-refractivity contribution is 5.71. The summed E-state index contributed by atoms with van der Waals surface area (Å²) in [4.78, 5) is 37.6. The van der Waals surface area contributed by atoms with Crippen molar-refractivity contribution in [2.24, 2.45) is 0 Å². The number of unbranched alkanes of at least 4 members (excludes halogenated alkanes) is 17. The first-order valence-electron chi connectivity index (χ1n) is 32.6. The van der Waals surface area contributed by atoms with Gasteiger partial charge in [0.2, 0.25) is 0 Å². The van der Waals surface area contributed by atoms with Gasteiger partial charge in [0.25, 0.3) is 6.29 Å². The smallest absolute Gasteiger partial charge is 0.361 e. The van der Waals surface area contributed by atoms with Crippen LogP contribution in [0.2, 0.25) is 0 Å². The minimum absolute atomic E-state index is 0.175. The molecule has 0 spiro atoms. The van der Waals surface area contributed by atoms with Crippen molar-refractivity contribution < 1.29 is 42.9 Å². The highest BCUT2D eigenvalue weighted by atomic mass is 16.7. The van der Waals surface area contributed by atoms with Crippen LogP contribution in [-0.2, 0) is 33.3 Å². The molecule has 0 aliphatic heterocycles. The van der Waals surface area contributed by atoms with Crippen LogP contribution in [0.3, 0.4) is 0 Å². The van der Waals surface area contributed by atoms with E-state index in [4.69, 9.17) is 18.9 Å². The monoisotopic (exact) mass is 1150 g/mol. The zero-order valence-electron chi connectivity index (χ0n) is 53.3. The van der Waals surface area contributed by atoms with Crippen molar-refractivity contribution in [3.05, 3.63) is 158 Å². The van der Waals surface area contributed by atoms with E-state index in [-0.39, 0.29) is 38.6 Å². The Morgan fingerprint density at radius 2 is 0.651 bits per heavy atom. The van der Waals surface area contributed by atoms with E-state index < -0.39 is 24.3 Å². The lowest BCUT2D eigenvalue weighted by Gasteiger charge is -2.25. The molecule has 0 aromatic rings. The summed E-state index contributed by atoms with van der Waals surface area (Å²) in [6.45, 7) is 4.60. The maximum Gasteiger partial charge on any atom is 0.361 e. The number of rotatable bonds is 58. The Balaban J connectivity index is 4.23. The number of nitrogens with zero attached hydrogens (tertiary/aromatic N) is 1. The predicted octanol–water partition coefficient (Wildman–Crippen LogP) is 20.1. The van der Waals surface area contributed by atoms with Crippen LogP contribution < -0.4 is 0 Å². The number of carbonyl (C=O) groups excluding carboxylic acids is 2. The topological polar surface area (TPSA) is 108 Å². The second-order valence-corrected chi connectivity index (χ2v) is 22.3. The number of aliphatic carboxylic acids is 1. The first-order valence-corrected chi connectivity index (χ1v) is 32.6. The standard InChI is InChI=1S/C74H119NO8/c1-6-8-10-12-14-16-18-20-22-24-26-28-30-31-32-33-34-35-36-37-38-39-40-41-43-45-47-49-51-53-55-57-59-61-63-65-72(77)83-70(69-82-74(73(78)79)80-67-66-75(3,4)5)68-81-71(76)64-62-60-58-56-54-52-50-48-46-44-42-29-27-25-23-21-19-17-15-13-11-9-7-2/h8-11,14-17,20-23,26-29,31-32,34-35,37-38,44,46,50,52,70,74H,6-7,12-13,18-19,24-25,30,33,36,39-43,45,47-49,51,53-69H2,1-5H3/p+1/b10-8-,11-9-,16-14-,17-15-,22-20-,23-21-,28-26-,29-27-,32-31-,35-34-,38-37-,46-44-,52-50-. The summed E-state index contributed by atoms with van der Waals surface area (Å²) in [6, 6.07) is 0. The van der Waals surface area contributed by atoms with E-state index in [1.54, 1.807) is 0 Å². The van der Waals surface area contributed by atoms with Crippen LogP contribution in [-0.4, -0.2) is 87.4 Å². The number of allylic oxidation sites excluding steroid dienone is 26. The van der Waals surface area contributed by atoms with Crippen molar-refractivity contribution >= 4 is 17.9 Å². The molecule has 0 radical (unpaired) electrons. The molecule has 468 valence electrons. The lowest BCUT2D eigenvalue weighted by molar-refractivity contribution is -0.870. The molecule has 2 unspecified atom stereocenters. The quantitative estimate of drug-likeness (QED) is 0.0211. The molecule has 0 aromatic carbocycles. The lowest BCUT2D eigenvalue weighted by Crippen LogP contribution is -2.40. The number of hydrogen-bond donors (Lipinski definition) is 1. The van der Waals surface area contributed by atoms with Gasteiger partial charge < -0.3 is 28.5 Å². The Kier molecular flexibility index (Phi) is 59.1. The van der Waals surface area contributed by atoms with Gasteiger partial charge in [0.15, 0.2) is 6.10 Å². The minimum atomic E-state index is -1.53. The number of likely N-dealkylation sites (N-methyl/N-ethyl adjacent to an activating group) is 1. The summed E-state index contributed by atoms with van der Waals surface area (Å²) in [5, 5.41) is 9.73. The first kappa shape index (κ1) is 77.9. The van der Waals surface area contributed by atoms with Crippen LogP contribution in [0.4, 0.5) is 0 Å². The molecule has 0 aliphatic rings. The van der Waals surface area contributed by atoms with E-state index >= 15 is 0 Å². The van der Waals surface area contributed by atoms with E-state index in [9.17, 15) is 19.5 Å². The van der Waals surface area contributed by atoms with Gasteiger partial charge in [-0.3, -0.25) is 9.59 Å². The van der Waals surface area contributed by atoms with Crippen LogP contribution in [0, 0.1) is 0 Å². The summed E-state index contributed by atoms with van der Waals surface area (Å²) in [7, 11) is 5.95. The van der Waals surface area contributed by atoms with Gasteiger partial charge in [0, 0.05) is 12.8 Å². The average molecular weight is 1150 g/mol. The molecule has 0 aromatic heterocycles. The maximum absolute atomic E-state index is 12.9. The van der Waals surface area contributed by atoms with E-state index in [1.807, 2.05) is 21.1 Å². The Morgan fingerprint density at radius 3 is 0.964 bits per heavy atom. The first-order chi connectivity index (χ1) is 40.6. The number of hydrogen-bond acceptors (Lipinski definition) is 7. The zero-order chi connectivity index (χ0) is 60.5. The molecule has 0 amide bonds. The van der Waals surface area contributed by atoms with E-state index in [0.29, 0.717) is 23.9 Å². The molecule has 0 saturated carbocycles. The molecule has 83 heavy (non-hydrogen) atoms. The van der Waals surface area contributed by atoms with Gasteiger partial charge in [-0.25, -0.2) is 4.79 Å². The Hall–Kier alpha value is -5.09. The third-order valence-electron chi connectivity index (χ3n) is 13.3. The van der Waals surface area contributed by atoms with E-state index in [1.165, 1.54) is 64.2 Å². The largest absolute Gasteiger partial charge is 0.477 e. The number of esters is 2. The van der Waals surface area contributed by atoms with Crippen LogP contribution >= 0.6 is 0 Å². The van der Waals surface area contributed by atoms with Gasteiger partial charge in [-0.1, -0.05) is 255 Å². The van der Waals surface area contributed by atoms with Crippen LogP contribution in [0.5, 0.6) is 0 Å². The molecule has 0 saturated heterocycles. The van der Waals surface area contributed by atoms with E-state index in [2.05, 4.69) is 172 Å². The third-order valence-corrected chi connectivity index (χ3v) is 13.3. The Morgan fingerprint density at radius 1 is 0.361 bits per heavy atom. The molecule has 0 fully saturated rings. The molecule has 1 N–H and O–H groups in total. The second-order valence-electron chi connectivity index (χ2n) is 22.3.